The Morgan fingerprint density at radius 2 is 1.76 bits per heavy atom. The molecule has 1 aromatic carbocycles. The molecular formula is C20H23N3O2. The fraction of sp³-hybridized carbons (Fsp3) is 0.450. The Morgan fingerprint density at radius 3 is 2.32 bits per heavy atom. The van der Waals surface area contributed by atoms with E-state index >= 15 is 0 Å². The number of aryl methyl sites for hydroxylation is 1. The van der Waals surface area contributed by atoms with Crippen molar-refractivity contribution in [3.8, 4) is 5.69 Å². The minimum absolute atomic E-state index is 0.0169. The van der Waals surface area contributed by atoms with E-state index in [2.05, 4.69) is 5.10 Å². The molecule has 2 aliphatic carbocycles. The summed E-state index contributed by atoms with van der Waals surface area (Å²) in [4.78, 5) is 27.2. The summed E-state index contributed by atoms with van der Waals surface area (Å²) in [7, 11) is 1.83. The Hall–Kier alpha value is -2.43. The molecule has 2 aliphatic rings. The van der Waals surface area contributed by atoms with Crippen LogP contribution in [0.3, 0.4) is 0 Å². The number of aromatic nitrogens is 2. The lowest BCUT2D eigenvalue weighted by Crippen LogP contribution is -2.42. The van der Waals surface area contributed by atoms with Gasteiger partial charge in [0.1, 0.15) is 0 Å². The first kappa shape index (κ1) is 16.1. The first-order valence-electron chi connectivity index (χ1n) is 9.00. The highest BCUT2D eigenvalue weighted by Crippen LogP contribution is 2.47. The van der Waals surface area contributed by atoms with E-state index in [1.807, 2.05) is 44.3 Å². The molecule has 0 N–H and O–H groups in total. The van der Waals surface area contributed by atoms with Crippen molar-refractivity contribution < 1.29 is 4.79 Å². The van der Waals surface area contributed by atoms with Crippen LogP contribution in [0.25, 0.3) is 5.69 Å². The van der Waals surface area contributed by atoms with Crippen LogP contribution in [-0.4, -0.2) is 33.7 Å². The number of carbonyl (C=O) groups excluding carboxylic acids is 1. The molecule has 0 saturated heterocycles. The number of rotatable bonds is 5. The van der Waals surface area contributed by atoms with Gasteiger partial charge in [-0.25, -0.2) is 4.68 Å². The molecule has 1 aromatic heterocycles. The molecule has 2 saturated carbocycles. The predicted octanol–water partition coefficient (Wildman–Crippen LogP) is 2.80. The van der Waals surface area contributed by atoms with Crippen LogP contribution in [0.2, 0.25) is 0 Å². The maximum absolute atomic E-state index is 13.0. The molecule has 5 heteroatoms. The second-order valence-electron chi connectivity index (χ2n) is 7.33. The second-order valence-corrected chi connectivity index (χ2v) is 7.33. The predicted molar refractivity (Wildman–Crippen MR) is 95.9 cm³/mol. The zero-order chi connectivity index (χ0) is 17.6. The van der Waals surface area contributed by atoms with Crippen LogP contribution in [0.15, 0.2) is 41.2 Å². The third-order valence-electron chi connectivity index (χ3n) is 5.29. The Bertz CT molecular complexity index is 839. The molecule has 2 aromatic rings. The summed E-state index contributed by atoms with van der Waals surface area (Å²) in [6.45, 7) is 1.83. The summed E-state index contributed by atoms with van der Waals surface area (Å²) >= 11 is 0. The van der Waals surface area contributed by atoms with Crippen molar-refractivity contribution in [3.63, 3.8) is 0 Å². The highest BCUT2D eigenvalue weighted by atomic mass is 16.2. The summed E-state index contributed by atoms with van der Waals surface area (Å²) in [6.07, 6.45) is 4.76. The van der Waals surface area contributed by atoms with Crippen LogP contribution in [0.5, 0.6) is 0 Å². The Morgan fingerprint density at radius 1 is 1.16 bits per heavy atom. The normalized spacial score (nSPS) is 16.9. The molecule has 4 rings (SSSR count). The van der Waals surface area contributed by atoms with E-state index in [4.69, 9.17) is 0 Å². The average molecular weight is 337 g/mol. The fourth-order valence-corrected chi connectivity index (χ4v) is 3.72. The molecule has 0 unspecified atom stereocenters. The van der Waals surface area contributed by atoms with E-state index in [1.54, 1.807) is 9.58 Å². The third kappa shape index (κ3) is 3.11. The van der Waals surface area contributed by atoms with Crippen LogP contribution in [0.1, 0.15) is 41.9 Å². The van der Waals surface area contributed by atoms with E-state index < -0.39 is 0 Å². The summed E-state index contributed by atoms with van der Waals surface area (Å²) in [5, 5.41) is 4.42. The quantitative estimate of drug-likeness (QED) is 0.843. The maximum atomic E-state index is 13.0. The molecule has 130 valence electrons. The number of carbonyl (C=O) groups is 1. The van der Waals surface area contributed by atoms with Crippen LogP contribution in [-0.2, 0) is 0 Å². The minimum Gasteiger partial charge on any atom is -0.337 e. The highest BCUT2D eigenvalue weighted by molar-refractivity contribution is 5.92. The van der Waals surface area contributed by atoms with Gasteiger partial charge in [0, 0.05) is 24.8 Å². The van der Waals surface area contributed by atoms with Gasteiger partial charge in [-0.1, -0.05) is 18.2 Å². The first-order chi connectivity index (χ1) is 12.1. The largest absolute Gasteiger partial charge is 0.337 e. The maximum Gasteiger partial charge on any atom is 0.278 e. The van der Waals surface area contributed by atoms with Gasteiger partial charge in [0.15, 0.2) is 5.69 Å². The topological polar surface area (TPSA) is 55.2 Å². The summed E-state index contributed by atoms with van der Waals surface area (Å²) < 4.78 is 1.67. The Kier molecular flexibility index (Phi) is 3.94. The van der Waals surface area contributed by atoms with Gasteiger partial charge in [-0.3, -0.25) is 9.59 Å². The van der Waals surface area contributed by atoms with Crippen LogP contribution >= 0.6 is 0 Å². The monoisotopic (exact) mass is 337 g/mol. The lowest BCUT2D eigenvalue weighted by atomic mass is 10.1. The van der Waals surface area contributed by atoms with Crippen molar-refractivity contribution in [1.29, 1.82) is 0 Å². The summed E-state index contributed by atoms with van der Waals surface area (Å²) in [5.41, 5.74) is 1.28. The van der Waals surface area contributed by atoms with E-state index in [9.17, 15) is 9.59 Å². The molecule has 0 spiro atoms. The first-order valence-corrected chi connectivity index (χ1v) is 9.00. The highest BCUT2D eigenvalue weighted by Gasteiger charge is 2.45. The lowest BCUT2D eigenvalue weighted by molar-refractivity contribution is 0.0680. The molecule has 1 amide bonds. The molecular weight excluding hydrogens is 314 g/mol. The van der Waals surface area contributed by atoms with Gasteiger partial charge < -0.3 is 4.90 Å². The number of amides is 1. The standard InChI is InChI=1S/C20H23N3O2/c1-13-12-17(24)18(21-23(13)16-6-4-3-5-7-16)20(25)22(2)19(14-8-9-14)15-10-11-15/h3-7,12,14-15,19H,8-11H2,1-2H3. The number of para-hydroxylation sites is 1. The lowest BCUT2D eigenvalue weighted by Gasteiger charge is -2.28. The van der Waals surface area contributed by atoms with Gasteiger partial charge in [-0.2, -0.15) is 5.10 Å². The van der Waals surface area contributed by atoms with Gasteiger partial charge in [0.05, 0.1) is 5.69 Å². The van der Waals surface area contributed by atoms with E-state index in [1.165, 1.54) is 31.7 Å². The summed E-state index contributed by atoms with van der Waals surface area (Å²) in [6, 6.07) is 11.4. The average Bonchev–Trinajstić information content (AvgIpc) is 3.50. The molecule has 5 nitrogen and oxygen atoms in total. The van der Waals surface area contributed by atoms with Crippen LogP contribution < -0.4 is 5.43 Å². The van der Waals surface area contributed by atoms with Gasteiger partial charge >= 0.3 is 0 Å². The molecule has 2 fully saturated rings. The SMILES string of the molecule is Cc1cc(=O)c(C(=O)N(C)C(C2CC2)C2CC2)nn1-c1ccccc1. The number of hydrogen-bond acceptors (Lipinski definition) is 3. The Balaban J connectivity index is 1.69. The van der Waals surface area contributed by atoms with Gasteiger partial charge in [0.25, 0.3) is 5.91 Å². The zero-order valence-electron chi connectivity index (χ0n) is 14.7. The van der Waals surface area contributed by atoms with Crippen molar-refractivity contribution >= 4 is 5.91 Å². The number of benzene rings is 1. The molecule has 1 heterocycles. The van der Waals surface area contributed by atoms with E-state index in [-0.39, 0.29) is 23.1 Å². The number of nitrogens with zero attached hydrogens (tertiary/aromatic N) is 3. The molecule has 0 bridgehead atoms. The van der Waals surface area contributed by atoms with Crippen LogP contribution in [0.4, 0.5) is 0 Å². The molecule has 0 aliphatic heterocycles. The Labute approximate surface area is 147 Å². The molecule has 0 atom stereocenters. The second kappa shape index (κ2) is 6.14. The van der Waals surface area contributed by atoms with Gasteiger partial charge in [0.2, 0.25) is 5.43 Å². The fourth-order valence-electron chi connectivity index (χ4n) is 3.72. The van der Waals surface area contributed by atoms with Crippen molar-refractivity contribution in [2.24, 2.45) is 11.8 Å². The van der Waals surface area contributed by atoms with E-state index in [0.29, 0.717) is 11.8 Å². The molecule has 25 heavy (non-hydrogen) atoms. The third-order valence-corrected chi connectivity index (χ3v) is 5.29. The van der Waals surface area contributed by atoms with Gasteiger partial charge in [-0.15, -0.1) is 0 Å². The van der Waals surface area contributed by atoms with Gasteiger partial charge in [-0.05, 0) is 56.6 Å². The van der Waals surface area contributed by atoms with Crippen molar-refractivity contribution in [2.75, 3.05) is 7.05 Å². The number of hydrogen-bond donors (Lipinski definition) is 0. The van der Waals surface area contributed by atoms with Crippen molar-refractivity contribution in [3.05, 3.63) is 58.0 Å². The van der Waals surface area contributed by atoms with Crippen molar-refractivity contribution in [1.82, 2.24) is 14.7 Å². The van der Waals surface area contributed by atoms with E-state index in [0.717, 1.165) is 11.4 Å². The van der Waals surface area contributed by atoms with Crippen LogP contribution in [0, 0.1) is 18.8 Å². The smallest absolute Gasteiger partial charge is 0.278 e. The minimum atomic E-state index is -0.299. The zero-order valence-corrected chi connectivity index (χ0v) is 14.7. The molecule has 0 radical (unpaired) electrons. The van der Waals surface area contributed by atoms with Crippen molar-refractivity contribution in [2.45, 2.75) is 38.6 Å². The summed E-state index contributed by atoms with van der Waals surface area (Å²) in [5.74, 6) is 0.949.